The van der Waals surface area contributed by atoms with Crippen molar-refractivity contribution >= 4 is 0 Å². The van der Waals surface area contributed by atoms with Crippen LogP contribution in [0.25, 0.3) is 22.3 Å². The number of hydrogen-bond donors (Lipinski definition) is 4. The summed E-state index contributed by atoms with van der Waals surface area (Å²) < 4.78 is 0. The largest absolute Gasteiger partial charge is 0.508 e. The lowest BCUT2D eigenvalue weighted by Gasteiger charge is -2.34. The SMILES string of the molecule is Cc1cc(C2(c3ccc(O)c(C)c3)c3ccccc3-c3ccccc32)ccc1O.Cc1cc(C2(c3ccc(O)c(C)c3)c3ccccc3-c3ccccc32)ccc1O. The van der Waals surface area contributed by atoms with Gasteiger partial charge in [0.1, 0.15) is 23.0 Å². The van der Waals surface area contributed by atoms with E-state index in [4.69, 9.17) is 0 Å². The monoisotopic (exact) mass is 756 g/mol. The number of aryl methyl sites for hydroxylation is 4. The van der Waals surface area contributed by atoms with Gasteiger partial charge in [0.15, 0.2) is 0 Å². The number of benzene rings is 8. The summed E-state index contributed by atoms with van der Waals surface area (Å²) in [5.74, 6) is 1.19. The molecule has 0 fully saturated rings. The fourth-order valence-electron chi connectivity index (χ4n) is 9.60. The molecular weight excluding hydrogens is 713 g/mol. The van der Waals surface area contributed by atoms with Gasteiger partial charge < -0.3 is 20.4 Å². The maximum absolute atomic E-state index is 10.2. The Morgan fingerprint density at radius 2 is 0.483 bits per heavy atom. The third-order valence-corrected chi connectivity index (χ3v) is 12.4. The lowest BCUT2D eigenvalue weighted by Crippen LogP contribution is -2.28. The molecule has 0 atom stereocenters. The predicted molar refractivity (Wildman–Crippen MR) is 233 cm³/mol. The highest BCUT2D eigenvalue weighted by molar-refractivity contribution is 5.87. The summed E-state index contributed by atoms with van der Waals surface area (Å²) in [4.78, 5) is 0. The molecule has 0 heterocycles. The molecule has 8 aromatic carbocycles. The normalized spacial score (nSPS) is 13.7. The summed E-state index contributed by atoms with van der Waals surface area (Å²) in [5, 5.41) is 40.7. The zero-order chi connectivity index (χ0) is 40.3. The molecule has 0 unspecified atom stereocenters. The highest BCUT2D eigenvalue weighted by Crippen LogP contribution is 2.58. The van der Waals surface area contributed by atoms with Crippen molar-refractivity contribution in [3.63, 3.8) is 0 Å². The second-order valence-electron chi connectivity index (χ2n) is 15.7. The molecule has 0 saturated carbocycles. The third-order valence-electron chi connectivity index (χ3n) is 12.4. The highest BCUT2D eigenvalue weighted by Gasteiger charge is 2.47. The van der Waals surface area contributed by atoms with Crippen molar-refractivity contribution in [1.82, 2.24) is 0 Å². The van der Waals surface area contributed by atoms with Gasteiger partial charge in [-0.2, -0.15) is 0 Å². The van der Waals surface area contributed by atoms with E-state index in [0.29, 0.717) is 23.0 Å². The van der Waals surface area contributed by atoms with Crippen molar-refractivity contribution in [1.29, 1.82) is 0 Å². The van der Waals surface area contributed by atoms with Crippen LogP contribution in [0.4, 0.5) is 0 Å². The molecule has 284 valence electrons. The minimum Gasteiger partial charge on any atom is -0.508 e. The van der Waals surface area contributed by atoms with Crippen LogP contribution in [0.1, 0.15) is 66.8 Å². The Labute approximate surface area is 339 Å². The number of fused-ring (bicyclic) bond motifs is 6. The van der Waals surface area contributed by atoms with Gasteiger partial charge in [0.2, 0.25) is 0 Å². The molecule has 10 rings (SSSR count). The lowest BCUT2D eigenvalue weighted by atomic mass is 9.67. The number of rotatable bonds is 4. The molecule has 0 aliphatic heterocycles. The van der Waals surface area contributed by atoms with E-state index >= 15 is 0 Å². The van der Waals surface area contributed by atoms with Gasteiger partial charge in [-0.3, -0.25) is 0 Å². The van der Waals surface area contributed by atoms with Crippen LogP contribution in [0.15, 0.2) is 170 Å². The lowest BCUT2D eigenvalue weighted by molar-refractivity contribution is 0.469. The van der Waals surface area contributed by atoms with Crippen molar-refractivity contribution in [2.24, 2.45) is 0 Å². The summed E-state index contributed by atoms with van der Waals surface area (Å²) in [7, 11) is 0. The summed E-state index contributed by atoms with van der Waals surface area (Å²) in [5.41, 5.74) is 16.6. The van der Waals surface area contributed by atoms with E-state index in [1.165, 1.54) is 44.5 Å². The van der Waals surface area contributed by atoms with Crippen LogP contribution in [-0.2, 0) is 10.8 Å². The predicted octanol–water partition coefficient (Wildman–Crippen LogP) is 12.2. The number of phenols is 4. The molecule has 4 heteroatoms. The van der Waals surface area contributed by atoms with Crippen LogP contribution < -0.4 is 0 Å². The second-order valence-corrected chi connectivity index (χ2v) is 15.7. The van der Waals surface area contributed by atoms with E-state index in [1.807, 2.05) is 52.0 Å². The first-order valence-corrected chi connectivity index (χ1v) is 19.7. The summed E-state index contributed by atoms with van der Waals surface area (Å²) in [6, 6.07) is 57.6. The minimum absolute atomic E-state index is 0.297. The minimum atomic E-state index is -0.510. The molecule has 2 aliphatic rings. The van der Waals surface area contributed by atoms with Crippen molar-refractivity contribution < 1.29 is 20.4 Å². The molecule has 0 bridgehead atoms. The molecule has 4 N–H and O–H groups in total. The fourth-order valence-corrected chi connectivity index (χ4v) is 9.60. The summed E-state index contributed by atoms with van der Waals surface area (Å²) >= 11 is 0. The Hall–Kier alpha value is -7.04. The standard InChI is InChI=1S/2C27H22O2/c2*1-17-15-19(11-13-25(17)28)27(20-12-14-26(29)18(2)16-20)23-9-5-3-7-21(23)22-8-4-6-10-24(22)27/h2*3-16,28-29H,1-2H3. The Kier molecular flexibility index (Phi) is 8.74. The van der Waals surface area contributed by atoms with Crippen LogP contribution in [0.2, 0.25) is 0 Å². The first kappa shape index (κ1) is 36.6. The number of phenolic OH excluding ortho intramolecular Hbond substituents is 4. The van der Waals surface area contributed by atoms with Crippen molar-refractivity contribution in [2.45, 2.75) is 38.5 Å². The smallest absolute Gasteiger partial charge is 0.118 e. The van der Waals surface area contributed by atoms with Crippen molar-refractivity contribution in [3.05, 3.63) is 237 Å². The first-order chi connectivity index (χ1) is 28.1. The molecule has 2 aliphatic carbocycles. The number of hydrogen-bond acceptors (Lipinski definition) is 4. The molecule has 0 saturated heterocycles. The Morgan fingerprint density at radius 3 is 0.690 bits per heavy atom. The molecule has 0 radical (unpaired) electrons. The van der Waals surface area contributed by atoms with Gasteiger partial charge in [0.05, 0.1) is 10.8 Å². The van der Waals surface area contributed by atoms with Crippen LogP contribution in [0.5, 0.6) is 23.0 Å². The Balaban J connectivity index is 0.000000150. The zero-order valence-corrected chi connectivity index (χ0v) is 33.0. The molecule has 0 aromatic heterocycles. The van der Waals surface area contributed by atoms with Gasteiger partial charge in [-0.25, -0.2) is 0 Å². The topological polar surface area (TPSA) is 80.9 Å². The van der Waals surface area contributed by atoms with Gasteiger partial charge in [0, 0.05) is 0 Å². The van der Waals surface area contributed by atoms with Crippen molar-refractivity contribution in [2.75, 3.05) is 0 Å². The van der Waals surface area contributed by atoms with E-state index in [-0.39, 0.29) is 0 Å². The van der Waals surface area contributed by atoms with E-state index < -0.39 is 10.8 Å². The van der Waals surface area contributed by atoms with E-state index in [0.717, 1.165) is 44.5 Å². The van der Waals surface area contributed by atoms with E-state index in [1.54, 1.807) is 24.3 Å². The zero-order valence-electron chi connectivity index (χ0n) is 33.0. The Bertz CT molecular complexity index is 2510. The molecule has 0 amide bonds. The van der Waals surface area contributed by atoms with Crippen LogP contribution in [0, 0.1) is 27.7 Å². The highest BCUT2D eigenvalue weighted by atomic mass is 16.3. The van der Waals surface area contributed by atoms with Gasteiger partial charge in [-0.1, -0.05) is 146 Å². The Morgan fingerprint density at radius 1 is 0.276 bits per heavy atom. The average Bonchev–Trinajstić information content (AvgIpc) is 3.71. The maximum Gasteiger partial charge on any atom is 0.118 e. The molecule has 58 heavy (non-hydrogen) atoms. The summed E-state index contributed by atoms with van der Waals surface area (Å²) in [6.07, 6.45) is 0. The molecule has 0 spiro atoms. The maximum atomic E-state index is 10.2. The molecule has 8 aromatic rings. The second kappa shape index (κ2) is 13.9. The van der Waals surface area contributed by atoms with Gasteiger partial charge in [0.25, 0.3) is 0 Å². The fraction of sp³-hybridized carbons (Fsp3) is 0.111. The quantitative estimate of drug-likeness (QED) is 0.144. The third kappa shape index (κ3) is 5.36. The first-order valence-electron chi connectivity index (χ1n) is 19.7. The van der Waals surface area contributed by atoms with Crippen molar-refractivity contribution in [3.8, 4) is 45.3 Å². The van der Waals surface area contributed by atoms with Gasteiger partial charge in [-0.05, 0) is 141 Å². The van der Waals surface area contributed by atoms with Crippen LogP contribution in [-0.4, -0.2) is 20.4 Å². The van der Waals surface area contributed by atoms with Gasteiger partial charge >= 0.3 is 0 Å². The number of aromatic hydroxyl groups is 4. The van der Waals surface area contributed by atoms with E-state index in [9.17, 15) is 20.4 Å². The van der Waals surface area contributed by atoms with Crippen LogP contribution >= 0.6 is 0 Å². The summed E-state index contributed by atoms with van der Waals surface area (Å²) in [6.45, 7) is 7.73. The average molecular weight is 757 g/mol. The van der Waals surface area contributed by atoms with E-state index in [2.05, 4.69) is 121 Å². The van der Waals surface area contributed by atoms with Gasteiger partial charge in [-0.15, -0.1) is 0 Å². The van der Waals surface area contributed by atoms with Crippen LogP contribution in [0.3, 0.4) is 0 Å². The molecule has 4 nitrogen and oxygen atoms in total. The molecular formula is C54H44O4.